The zero-order valence-electron chi connectivity index (χ0n) is 8.65. The van der Waals surface area contributed by atoms with Crippen molar-refractivity contribution in [2.75, 3.05) is 0 Å². The Kier molecular flexibility index (Phi) is 3.13. The third kappa shape index (κ3) is 2.18. The average Bonchev–Trinajstić information content (AvgIpc) is 2.29. The van der Waals surface area contributed by atoms with E-state index in [4.69, 9.17) is 17.3 Å². The lowest BCUT2D eigenvalue weighted by Gasteiger charge is -2.06. The third-order valence-corrected chi connectivity index (χ3v) is 2.69. The number of benzene rings is 2. The van der Waals surface area contributed by atoms with Gasteiger partial charge in [0.2, 0.25) is 0 Å². The van der Waals surface area contributed by atoms with Crippen molar-refractivity contribution < 1.29 is 5.11 Å². The van der Waals surface area contributed by atoms with Crippen LogP contribution in [0.5, 0.6) is 5.75 Å². The molecule has 16 heavy (non-hydrogen) atoms. The number of rotatable bonds is 2. The molecule has 0 radical (unpaired) electrons. The summed E-state index contributed by atoms with van der Waals surface area (Å²) in [5.74, 6) is 0.230. The van der Waals surface area contributed by atoms with Crippen molar-refractivity contribution in [1.29, 1.82) is 0 Å². The van der Waals surface area contributed by atoms with E-state index in [2.05, 4.69) is 0 Å². The van der Waals surface area contributed by atoms with Gasteiger partial charge in [-0.25, -0.2) is 0 Å². The van der Waals surface area contributed by atoms with E-state index in [-0.39, 0.29) is 5.75 Å². The van der Waals surface area contributed by atoms with Crippen molar-refractivity contribution in [3.05, 3.63) is 53.1 Å². The first-order valence-corrected chi connectivity index (χ1v) is 5.36. The van der Waals surface area contributed by atoms with E-state index in [1.807, 2.05) is 36.4 Å². The molecule has 2 rings (SSSR count). The number of nitrogens with two attached hydrogens (primary N) is 1. The summed E-state index contributed by atoms with van der Waals surface area (Å²) < 4.78 is 0. The van der Waals surface area contributed by atoms with Gasteiger partial charge in [-0.3, -0.25) is 0 Å². The van der Waals surface area contributed by atoms with Crippen LogP contribution >= 0.6 is 11.6 Å². The molecule has 0 saturated carbocycles. The fraction of sp³-hybridized carbons (Fsp3) is 0.0769. The monoisotopic (exact) mass is 233 g/mol. The summed E-state index contributed by atoms with van der Waals surface area (Å²) in [4.78, 5) is 0. The maximum absolute atomic E-state index is 9.53. The smallest absolute Gasteiger partial charge is 0.120 e. The van der Waals surface area contributed by atoms with Crippen LogP contribution < -0.4 is 5.73 Å². The Morgan fingerprint density at radius 1 is 1.06 bits per heavy atom. The van der Waals surface area contributed by atoms with Gasteiger partial charge in [0.15, 0.2) is 0 Å². The minimum atomic E-state index is 0.230. The quantitative estimate of drug-likeness (QED) is 0.837. The minimum Gasteiger partial charge on any atom is -0.508 e. The molecule has 0 amide bonds. The van der Waals surface area contributed by atoms with Gasteiger partial charge in [0, 0.05) is 17.1 Å². The number of halogens is 1. The van der Waals surface area contributed by atoms with E-state index >= 15 is 0 Å². The van der Waals surface area contributed by atoms with Gasteiger partial charge in [-0.05, 0) is 35.4 Å². The van der Waals surface area contributed by atoms with Crippen LogP contribution in [0.1, 0.15) is 5.56 Å². The molecule has 82 valence electrons. The molecule has 0 spiro atoms. The van der Waals surface area contributed by atoms with Crippen molar-refractivity contribution in [1.82, 2.24) is 0 Å². The van der Waals surface area contributed by atoms with E-state index in [9.17, 15) is 5.11 Å². The van der Waals surface area contributed by atoms with E-state index < -0.39 is 0 Å². The third-order valence-electron chi connectivity index (χ3n) is 2.46. The first-order chi connectivity index (χ1) is 7.70. The maximum Gasteiger partial charge on any atom is 0.120 e. The molecule has 0 aliphatic rings. The summed E-state index contributed by atoms with van der Waals surface area (Å²) >= 11 is 5.93. The second-order valence-corrected chi connectivity index (χ2v) is 3.99. The molecule has 0 aromatic heterocycles. The van der Waals surface area contributed by atoms with Crippen LogP contribution in [0.25, 0.3) is 11.1 Å². The molecule has 2 nitrogen and oxygen atoms in total. The topological polar surface area (TPSA) is 46.2 Å². The van der Waals surface area contributed by atoms with Crippen LogP contribution in [-0.4, -0.2) is 5.11 Å². The van der Waals surface area contributed by atoms with E-state index in [0.29, 0.717) is 11.6 Å². The number of phenols is 1. The number of aromatic hydroxyl groups is 1. The maximum atomic E-state index is 9.53. The molecule has 0 heterocycles. The minimum absolute atomic E-state index is 0.230. The Morgan fingerprint density at radius 2 is 1.81 bits per heavy atom. The van der Waals surface area contributed by atoms with Crippen LogP contribution in [0, 0.1) is 0 Å². The van der Waals surface area contributed by atoms with Gasteiger partial charge in [-0.2, -0.15) is 0 Å². The van der Waals surface area contributed by atoms with Gasteiger partial charge in [-0.15, -0.1) is 0 Å². The van der Waals surface area contributed by atoms with Crippen LogP contribution in [0.3, 0.4) is 0 Å². The Labute approximate surface area is 99.3 Å². The van der Waals surface area contributed by atoms with Crippen LogP contribution in [0.2, 0.25) is 5.02 Å². The SMILES string of the molecule is NCc1cc(-c2cccc(Cl)c2)ccc1O. The highest BCUT2D eigenvalue weighted by Crippen LogP contribution is 2.27. The Morgan fingerprint density at radius 3 is 2.50 bits per heavy atom. The standard InChI is InChI=1S/C13H12ClNO/c14-12-3-1-2-9(7-12)10-4-5-13(16)11(6-10)8-15/h1-7,16H,8,15H2. The molecule has 0 atom stereocenters. The van der Waals surface area contributed by atoms with Crippen molar-refractivity contribution in [3.8, 4) is 16.9 Å². The van der Waals surface area contributed by atoms with Gasteiger partial charge in [0.25, 0.3) is 0 Å². The molecule has 0 aliphatic heterocycles. The van der Waals surface area contributed by atoms with Gasteiger partial charge in [0.05, 0.1) is 0 Å². The fourth-order valence-corrected chi connectivity index (χ4v) is 1.79. The molecule has 0 bridgehead atoms. The molecule has 2 aromatic rings. The van der Waals surface area contributed by atoms with Gasteiger partial charge in [-0.1, -0.05) is 29.8 Å². The molecule has 2 aromatic carbocycles. The summed E-state index contributed by atoms with van der Waals surface area (Å²) in [7, 11) is 0. The van der Waals surface area contributed by atoms with Crippen molar-refractivity contribution in [2.24, 2.45) is 5.73 Å². The molecule has 0 aliphatic carbocycles. The molecule has 0 saturated heterocycles. The summed E-state index contributed by atoms with van der Waals surface area (Å²) in [6.45, 7) is 0.320. The second kappa shape index (κ2) is 4.56. The molecule has 3 N–H and O–H groups in total. The van der Waals surface area contributed by atoms with E-state index in [1.165, 1.54) is 0 Å². The van der Waals surface area contributed by atoms with E-state index in [0.717, 1.165) is 16.7 Å². The molecular weight excluding hydrogens is 222 g/mol. The Hall–Kier alpha value is -1.51. The first-order valence-electron chi connectivity index (χ1n) is 4.98. The number of hydrogen-bond donors (Lipinski definition) is 2. The van der Waals surface area contributed by atoms with Gasteiger partial charge in [0.1, 0.15) is 5.75 Å². The Balaban J connectivity index is 2.48. The average molecular weight is 234 g/mol. The van der Waals surface area contributed by atoms with Crippen molar-refractivity contribution in [2.45, 2.75) is 6.54 Å². The largest absolute Gasteiger partial charge is 0.508 e. The predicted octanol–water partition coefficient (Wildman–Crippen LogP) is 3.17. The van der Waals surface area contributed by atoms with Crippen LogP contribution in [0.4, 0.5) is 0 Å². The zero-order valence-corrected chi connectivity index (χ0v) is 9.41. The highest BCUT2D eigenvalue weighted by Gasteiger charge is 2.03. The van der Waals surface area contributed by atoms with E-state index in [1.54, 1.807) is 6.07 Å². The number of hydrogen-bond acceptors (Lipinski definition) is 2. The molecule has 3 heteroatoms. The molecule has 0 fully saturated rings. The lowest BCUT2D eigenvalue weighted by Crippen LogP contribution is -1.96. The first kappa shape index (κ1) is 11.0. The molecule has 0 unspecified atom stereocenters. The van der Waals surface area contributed by atoms with Crippen molar-refractivity contribution >= 4 is 11.6 Å². The lowest BCUT2D eigenvalue weighted by molar-refractivity contribution is 0.468. The highest BCUT2D eigenvalue weighted by molar-refractivity contribution is 6.30. The zero-order chi connectivity index (χ0) is 11.5. The second-order valence-electron chi connectivity index (χ2n) is 3.56. The summed E-state index contributed by atoms with van der Waals surface area (Å²) in [6.07, 6.45) is 0. The lowest BCUT2D eigenvalue weighted by atomic mass is 10.0. The van der Waals surface area contributed by atoms with Gasteiger partial charge >= 0.3 is 0 Å². The summed E-state index contributed by atoms with van der Waals surface area (Å²) in [5, 5.41) is 10.2. The summed E-state index contributed by atoms with van der Waals surface area (Å²) in [5.41, 5.74) is 8.29. The Bertz CT molecular complexity index is 511. The normalized spacial score (nSPS) is 10.4. The fourth-order valence-electron chi connectivity index (χ4n) is 1.60. The van der Waals surface area contributed by atoms with Crippen LogP contribution in [-0.2, 0) is 6.54 Å². The number of phenolic OH excluding ortho intramolecular Hbond substituents is 1. The van der Waals surface area contributed by atoms with Crippen molar-refractivity contribution in [3.63, 3.8) is 0 Å². The van der Waals surface area contributed by atoms with Crippen LogP contribution in [0.15, 0.2) is 42.5 Å². The highest BCUT2D eigenvalue weighted by atomic mass is 35.5. The summed E-state index contributed by atoms with van der Waals surface area (Å²) in [6, 6.07) is 13.0. The predicted molar refractivity (Wildman–Crippen MR) is 66.4 cm³/mol. The van der Waals surface area contributed by atoms with Gasteiger partial charge < -0.3 is 10.8 Å². The molecular formula is C13H12ClNO.